The summed E-state index contributed by atoms with van der Waals surface area (Å²) in [6.07, 6.45) is 43.7. The fourth-order valence-electron chi connectivity index (χ4n) is 9.60. The number of amides is 4. The van der Waals surface area contributed by atoms with Gasteiger partial charge in [0.1, 0.15) is 12.1 Å². The lowest BCUT2D eigenvalue weighted by molar-refractivity contribution is -0.142. The number of hydrogen-bond donors (Lipinski definition) is 2. The van der Waals surface area contributed by atoms with Crippen LogP contribution in [-0.2, 0) is 19.2 Å². The molecule has 11 heteroatoms. The molecule has 0 saturated heterocycles. The Kier molecular flexibility index (Phi) is 46.1. The van der Waals surface area contributed by atoms with Crippen molar-refractivity contribution in [2.24, 2.45) is 11.8 Å². The van der Waals surface area contributed by atoms with E-state index in [0.717, 1.165) is 77.3 Å². The van der Waals surface area contributed by atoms with Crippen molar-refractivity contribution < 1.29 is 19.2 Å². The van der Waals surface area contributed by atoms with Crippen LogP contribution in [0.5, 0.6) is 0 Å². The summed E-state index contributed by atoms with van der Waals surface area (Å²) in [6, 6.07) is -1.05. The highest BCUT2D eigenvalue weighted by Crippen LogP contribution is 2.19. The standard InChI is InChI=1S/C61H119N7O4/c1-12-14-16-18-20-22-24-26-28-30-32-34-36-38-40-44-56(69)67(50-42-48-64(7)8)58(54(3)4)60(71)62-46-52-66(11)53-47-63-61(72)59(55(5)6)68(51-43-49-65(9)10)57(70)45-41-39-37-35-33-31-29-27-25-23-21-19-17-15-13-2/h26-29,54-55,58-59H,12-25,30-53H2,1-11H3,(H,62,71)(H,63,72)/b28-26-,29-27-. The highest BCUT2D eigenvalue weighted by molar-refractivity contribution is 5.88. The summed E-state index contributed by atoms with van der Waals surface area (Å²) in [5.41, 5.74) is 0. The van der Waals surface area contributed by atoms with Gasteiger partial charge in [-0.1, -0.05) is 169 Å². The summed E-state index contributed by atoms with van der Waals surface area (Å²) >= 11 is 0. The number of unbranched alkanes of at least 4 members (excludes halogenated alkanes) is 22. The van der Waals surface area contributed by atoms with Crippen LogP contribution in [0.15, 0.2) is 24.3 Å². The van der Waals surface area contributed by atoms with Crippen molar-refractivity contribution in [1.29, 1.82) is 0 Å². The van der Waals surface area contributed by atoms with Gasteiger partial charge < -0.3 is 35.1 Å². The van der Waals surface area contributed by atoms with E-state index in [-0.39, 0.29) is 35.5 Å². The molecule has 0 heterocycles. The first kappa shape index (κ1) is 69.2. The van der Waals surface area contributed by atoms with Gasteiger partial charge in [0.15, 0.2) is 0 Å². The number of nitrogens with one attached hydrogen (secondary N) is 2. The van der Waals surface area contributed by atoms with Crippen LogP contribution in [-0.4, -0.2) is 148 Å². The second-order valence-corrected chi connectivity index (χ2v) is 22.4. The fraction of sp³-hybridized carbons (Fsp3) is 0.869. The molecule has 0 bridgehead atoms. The van der Waals surface area contributed by atoms with Crippen molar-refractivity contribution in [3.63, 3.8) is 0 Å². The van der Waals surface area contributed by atoms with Crippen LogP contribution in [0.4, 0.5) is 0 Å². The molecule has 72 heavy (non-hydrogen) atoms. The van der Waals surface area contributed by atoms with Crippen molar-refractivity contribution in [3.8, 4) is 0 Å². The predicted octanol–water partition coefficient (Wildman–Crippen LogP) is 12.8. The Hall–Kier alpha value is -2.76. The zero-order valence-electron chi connectivity index (χ0n) is 49.4. The van der Waals surface area contributed by atoms with Crippen LogP contribution in [0.3, 0.4) is 0 Å². The van der Waals surface area contributed by atoms with E-state index in [9.17, 15) is 19.2 Å². The predicted molar refractivity (Wildman–Crippen MR) is 309 cm³/mol. The molecule has 2 unspecified atom stereocenters. The Balaban J connectivity index is 5.04. The van der Waals surface area contributed by atoms with Gasteiger partial charge in [0.2, 0.25) is 23.6 Å². The summed E-state index contributed by atoms with van der Waals surface area (Å²) in [5.74, 6) is -0.103. The van der Waals surface area contributed by atoms with Gasteiger partial charge in [-0.25, -0.2) is 0 Å². The van der Waals surface area contributed by atoms with Crippen LogP contribution in [0.1, 0.15) is 234 Å². The van der Waals surface area contributed by atoms with Crippen LogP contribution in [0.2, 0.25) is 0 Å². The van der Waals surface area contributed by atoms with Gasteiger partial charge >= 0.3 is 0 Å². The minimum atomic E-state index is -0.527. The Morgan fingerprint density at radius 3 is 0.958 bits per heavy atom. The van der Waals surface area contributed by atoms with Gasteiger partial charge in [-0.05, 0) is 137 Å². The lowest BCUT2D eigenvalue weighted by atomic mass is 9.99. The van der Waals surface area contributed by atoms with Crippen LogP contribution >= 0.6 is 0 Å². The van der Waals surface area contributed by atoms with E-state index in [0.29, 0.717) is 52.1 Å². The highest BCUT2D eigenvalue weighted by Gasteiger charge is 2.33. The number of likely N-dealkylation sites (N-methyl/N-ethyl adjacent to an activating group) is 1. The molecule has 11 nitrogen and oxygen atoms in total. The minimum Gasteiger partial charge on any atom is -0.353 e. The highest BCUT2D eigenvalue weighted by atomic mass is 16.2. The van der Waals surface area contributed by atoms with E-state index < -0.39 is 12.1 Å². The number of nitrogens with zero attached hydrogens (tertiary/aromatic N) is 5. The van der Waals surface area contributed by atoms with Crippen molar-refractivity contribution in [1.82, 2.24) is 35.1 Å². The van der Waals surface area contributed by atoms with Crippen molar-refractivity contribution in [2.75, 3.05) is 87.6 Å². The topological polar surface area (TPSA) is 109 Å². The Morgan fingerprint density at radius 2 is 0.667 bits per heavy atom. The molecule has 0 radical (unpaired) electrons. The van der Waals surface area contributed by atoms with Crippen LogP contribution < -0.4 is 10.6 Å². The van der Waals surface area contributed by atoms with E-state index in [2.05, 4.69) is 63.5 Å². The molecule has 0 aromatic carbocycles. The van der Waals surface area contributed by atoms with Crippen molar-refractivity contribution in [3.05, 3.63) is 24.3 Å². The molecule has 0 aliphatic carbocycles. The third kappa shape index (κ3) is 38.8. The van der Waals surface area contributed by atoms with Gasteiger partial charge in [0.05, 0.1) is 0 Å². The van der Waals surface area contributed by atoms with E-state index in [1.807, 2.05) is 72.7 Å². The first-order chi connectivity index (χ1) is 34.7. The largest absolute Gasteiger partial charge is 0.353 e. The zero-order chi connectivity index (χ0) is 53.6. The smallest absolute Gasteiger partial charge is 0.243 e. The molecule has 0 rings (SSSR count). The monoisotopic (exact) mass is 1010 g/mol. The summed E-state index contributed by atoms with van der Waals surface area (Å²) in [6.45, 7) is 17.6. The third-order valence-electron chi connectivity index (χ3n) is 14.0. The third-order valence-corrected chi connectivity index (χ3v) is 14.0. The molecule has 0 aliphatic rings. The average molecular weight is 1010 g/mol. The second-order valence-electron chi connectivity index (χ2n) is 22.4. The lowest BCUT2D eigenvalue weighted by Crippen LogP contribution is -2.54. The number of carbonyl (C=O) groups is 4. The summed E-state index contributed by atoms with van der Waals surface area (Å²) in [4.78, 5) is 65.4. The van der Waals surface area contributed by atoms with Gasteiger partial charge in [-0.3, -0.25) is 19.2 Å². The van der Waals surface area contributed by atoms with Crippen LogP contribution in [0.25, 0.3) is 0 Å². The Morgan fingerprint density at radius 1 is 0.375 bits per heavy atom. The average Bonchev–Trinajstić information content (AvgIpc) is 3.32. The van der Waals surface area contributed by atoms with Gasteiger partial charge in [0, 0.05) is 52.1 Å². The number of hydrogen-bond acceptors (Lipinski definition) is 7. The molecule has 0 saturated carbocycles. The molecule has 0 fully saturated rings. The second kappa shape index (κ2) is 47.9. The Labute approximate surface area is 446 Å². The molecule has 2 N–H and O–H groups in total. The van der Waals surface area contributed by atoms with Crippen LogP contribution in [0, 0.1) is 11.8 Å². The van der Waals surface area contributed by atoms with E-state index >= 15 is 0 Å². The minimum absolute atomic E-state index is 0.0273. The van der Waals surface area contributed by atoms with Gasteiger partial charge in [-0.15, -0.1) is 0 Å². The van der Waals surface area contributed by atoms with Gasteiger partial charge in [-0.2, -0.15) is 0 Å². The lowest BCUT2D eigenvalue weighted by Gasteiger charge is -2.34. The Bertz CT molecular complexity index is 1270. The normalized spacial score (nSPS) is 12.9. The fourth-order valence-corrected chi connectivity index (χ4v) is 9.60. The molecule has 422 valence electrons. The van der Waals surface area contributed by atoms with E-state index in [1.165, 1.54) is 116 Å². The summed E-state index contributed by atoms with van der Waals surface area (Å²) in [7, 11) is 10.2. The number of rotatable bonds is 50. The molecular formula is C61H119N7O4. The van der Waals surface area contributed by atoms with Gasteiger partial charge in [0.25, 0.3) is 0 Å². The number of carbonyl (C=O) groups excluding carboxylic acids is 4. The molecule has 0 aromatic heterocycles. The molecule has 2 atom stereocenters. The maximum atomic E-state index is 13.9. The molecular weight excluding hydrogens is 895 g/mol. The molecule has 0 aliphatic heterocycles. The molecule has 0 spiro atoms. The maximum Gasteiger partial charge on any atom is 0.243 e. The quantitative estimate of drug-likeness (QED) is 0.0461. The maximum absolute atomic E-state index is 13.9. The first-order valence-electron chi connectivity index (χ1n) is 30.1. The SMILES string of the molecule is CCCCCCCC/C=C\CCCCCCCC(=O)N(CCCN(C)C)C(C(=O)NCCN(C)CCNC(=O)C(C(C)C)N(CCCN(C)C)C(=O)CCCCCCC/C=C\CCCCCCCC)C(C)C. The summed E-state index contributed by atoms with van der Waals surface area (Å²) in [5, 5.41) is 6.32. The van der Waals surface area contributed by atoms with Crippen molar-refractivity contribution >= 4 is 23.6 Å². The summed E-state index contributed by atoms with van der Waals surface area (Å²) < 4.78 is 0. The van der Waals surface area contributed by atoms with E-state index in [1.54, 1.807) is 0 Å². The molecule has 0 aromatic rings. The van der Waals surface area contributed by atoms with E-state index in [4.69, 9.17) is 0 Å². The number of allylic oxidation sites excluding steroid dienone is 4. The zero-order valence-corrected chi connectivity index (χ0v) is 49.4. The van der Waals surface area contributed by atoms with Crippen molar-refractivity contribution in [2.45, 2.75) is 246 Å². The molecule has 4 amide bonds. The first-order valence-corrected chi connectivity index (χ1v) is 30.1.